The fourth-order valence-electron chi connectivity index (χ4n) is 8.75. The third-order valence-corrected chi connectivity index (χ3v) is 10.3. The highest BCUT2D eigenvalue weighted by atomic mass is 15.0. The van der Waals surface area contributed by atoms with Gasteiger partial charge in [0.2, 0.25) is 0 Å². The molecule has 0 saturated carbocycles. The Morgan fingerprint density at radius 1 is 0.409 bits per heavy atom. The largest absolute Gasteiger partial charge is 0.308 e. The SMILES string of the molecule is c1ccc2c(c1)-c1ccccc1C21c2ccccc2-n2c3c1cccc3c1ccc3c4nccnc4c4ccccc4c3c12. The van der Waals surface area contributed by atoms with Gasteiger partial charge in [-0.05, 0) is 44.8 Å². The van der Waals surface area contributed by atoms with E-state index in [2.05, 4.69) is 132 Å². The van der Waals surface area contributed by atoms with E-state index in [4.69, 9.17) is 9.97 Å². The van der Waals surface area contributed by atoms with Crippen LogP contribution in [0.5, 0.6) is 0 Å². The molecule has 0 N–H and O–H groups in total. The average molecular weight is 558 g/mol. The highest BCUT2D eigenvalue weighted by molar-refractivity contribution is 6.32. The number of hydrogen-bond donors (Lipinski definition) is 0. The maximum atomic E-state index is 4.89. The van der Waals surface area contributed by atoms with Crippen LogP contribution in [0, 0.1) is 0 Å². The van der Waals surface area contributed by atoms with Gasteiger partial charge in [0, 0.05) is 39.3 Å². The van der Waals surface area contributed by atoms with Crippen molar-refractivity contribution in [3.05, 3.63) is 162 Å². The molecule has 7 aromatic carbocycles. The smallest absolute Gasteiger partial charge is 0.0972 e. The van der Waals surface area contributed by atoms with Gasteiger partial charge < -0.3 is 4.57 Å². The van der Waals surface area contributed by atoms with Crippen molar-refractivity contribution in [2.24, 2.45) is 0 Å². The summed E-state index contributed by atoms with van der Waals surface area (Å²) in [6.45, 7) is 0. The standard InChI is InChI=1S/C41H23N3/c1-2-13-27-26(12-1)36-30(38-37(27)42-22-23-43-38)21-20-29-28-14-9-18-34-39(28)44(40(29)36)35-19-8-7-17-33(35)41(34)31-15-5-3-10-24(31)25-11-4-6-16-32(25)41/h1-23H. The molecule has 2 aliphatic rings. The lowest BCUT2D eigenvalue weighted by atomic mass is 9.65. The Hall–Kier alpha value is -5.80. The number of para-hydroxylation sites is 2. The van der Waals surface area contributed by atoms with Gasteiger partial charge in [-0.1, -0.05) is 121 Å². The summed E-state index contributed by atoms with van der Waals surface area (Å²) >= 11 is 0. The molecule has 3 heterocycles. The van der Waals surface area contributed by atoms with Crippen LogP contribution in [0.3, 0.4) is 0 Å². The zero-order valence-corrected chi connectivity index (χ0v) is 23.6. The number of rotatable bonds is 0. The number of benzene rings is 7. The molecule has 1 spiro atoms. The van der Waals surface area contributed by atoms with Crippen LogP contribution in [-0.2, 0) is 5.41 Å². The van der Waals surface area contributed by atoms with Crippen LogP contribution in [-0.4, -0.2) is 14.5 Å². The average Bonchev–Trinajstić information content (AvgIpc) is 3.59. The van der Waals surface area contributed by atoms with Crippen molar-refractivity contribution >= 4 is 54.4 Å². The number of nitrogens with zero attached hydrogens (tertiary/aromatic N) is 3. The molecule has 3 heteroatoms. The minimum atomic E-state index is -0.413. The van der Waals surface area contributed by atoms with Gasteiger partial charge in [0.1, 0.15) is 0 Å². The molecule has 3 nitrogen and oxygen atoms in total. The summed E-state index contributed by atoms with van der Waals surface area (Å²) in [6, 6.07) is 47.3. The Bertz CT molecular complexity index is 2650. The van der Waals surface area contributed by atoms with E-state index in [-0.39, 0.29) is 0 Å². The summed E-state index contributed by atoms with van der Waals surface area (Å²) in [6.07, 6.45) is 3.61. The van der Waals surface area contributed by atoms with Crippen molar-refractivity contribution in [3.63, 3.8) is 0 Å². The lowest BCUT2D eigenvalue weighted by Gasteiger charge is -2.39. The number of aromatic nitrogens is 3. The zero-order chi connectivity index (χ0) is 28.6. The van der Waals surface area contributed by atoms with E-state index in [0.29, 0.717) is 0 Å². The first-order valence-corrected chi connectivity index (χ1v) is 15.2. The summed E-state index contributed by atoms with van der Waals surface area (Å²) in [4.78, 5) is 9.70. The molecule has 0 unspecified atom stereocenters. The third kappa shape index (κ3) is 2.42. The normalized spacial score (nSPS) is 14.1. The molecule has 0 radical (unpaired) electrons. The molecule has 44 heavy (non-hydrogen) atoms. The molecule has 0 bridgehead atoms. The first-order valence-electron chi connectivity index (χ1n) is 15.2. The first-order chi connectivity index (χ1) is 21.9. The summed E-state index contributed by atoms with van der Waals surface area (Å²) < 4.78 is 2.56. The third-order valence-electron chi connectivity index (χ3n) is 10.3. The van der Waals surface area contributed by atoms with Crippen molar-refractivity contribution < 1.29 is 0 Å². The van der Waals surface area contributed by atoms with Crippen LogP contribution >= 0.6 is 0 Å². The van der Waals surface area contributed by atoms with Crippen molar-refractivity contribution in [3.8, 4) is 16.8 Å². The summed E-state index contributed by atoms with van der Waals surface area (Å²) in [7, 11) is 0. The fourth-order valence-corrected chi connectivity index (χ4v) is 8.75. The van der Waals surface area contributed by atoms with Crippen molar-refractivity contribution in [1.29, 1.82) is 0 Å². The predicted octanol–water partition coefficient (Wildman–Crippen LogP) is 9.71. The fraction of sp³-hybridized carbons (Fsp3) is 0.0244. The van der Waals surface area contributed by atoms with E-state index in [0.717, 1.165) is 21.8 Å². The highest BCUT2D eigenvalue weighted by Gasteiger charge is 2.50. The molecular formula is C41H23N3. The second kappa shape index (κ2) is 7.77. The van der Waals surface area contributed by atoms with Crippen LogP contribution in [0.15, 0.2) is 140 Å². The summed E-state index contributed by atoms with van der Waals surface area (Å²) in [5, 5.41) is 7.23. The van der Waals surface area contributed by atoms with Gasteiger partial charge >= 0.3 is 0 Å². The van der Waals surface area contributed by atoms with Crippen LogP contribution < -0.4 is 0 Å². The lowest BCUT2D eigenvalue weighted by Crippen LogP contribution is -2.33. The van der Waals surface area contributed by atoms with Gasteiger partial charge in [0.05, 0.1) is 33.2 Å². The van der Waals surface area contributed by atoms with Gasteiger partial charge in [-0.25, -0.2) is 0 Å². The second-order valence-corrected chi connectivity index (χ2v) is 12.1. The molecule has 9 aromatic rings. The van der Waals surface area contributed by atoms with Crippen LogP contribution in [0.1, 0.15) is 22.3 Å². The Morgan fingerprint density at radius 3 is 1.73 bits per heavy atom. The Balaban J connectivity index is 1.44. The minimum Gasteiger partial charge on any atom is -0.308 e. The molecule has 1 aliphatic heterocycles. The van der Waals surface area contributed by atoms with Crippen molar-refractivity contribution in [1.82, 2.24) is 14.5 Å². The number of hydrogen-bond acceptors (Lipinski definition) is 2. The number of fused-ring (bicyclic) bond motifs is 19. The minimum absolute atomic E-state index is 0.413. The monoisotopic (exact) mass is 557 g/mol. The summed E-state index contributed by atoms with van der Waals surface area (Å²) in [5.74, 6) is 0. The van der Waals surface area contributed by atoms with E-state index < -0.39 is 5.41 Å². The van der Waals surface area contributed by atoms with Gasteiger partial charge in [-0.2, -0.15) is 0 Å². The van der Waals surface area contributed by atoms with Crippen LogP contribution in [0.4, 0.5) is 0 Å². The molecule has 0 atom stereocenters. The predicted molar refractivity (Wildman–Crippen MR) is 180 cm³/mol. The Labute approximate surface area is 252 Å². The maximum absolute atomic E-state index is 4.89. The maximum Gasteiger partial charge on any atom is 0.0972 e. The molecule has 2 aromatic heterocycles. The van der Waals surface area contributed by atoms with E-state index in [9.17, 15) is 0 Å². The van der Waals surface area contributed by atoms with Gasteiger partial charge in [0.25, 0.3) is 0 Å². The second-order valence-electron chi connectivity index (χ2n) is 12.1. The Kier molecular flexibility index (Phi) is 4.02. The van der Waals surface area contributed by atoms with E-state index >= 15 is 0 Å². The summed E-state index contributed by atoms with van der Waals surface area (Å²) in [5.41, 5.74) is 13.2. The van der Waals surface area contributed by atoms with Crippen LogP contribution in [0.25, 0.3) is 71.2 Å². The molecule has 11 rings (SSSR count). The Morgan fingerprint density at radius 2 is 0.955 bits per heavy atom. The molecule has 1 aliphatic carbocycles. The van der Waals surface area contributed by atoms with Crippen molar-refractivity contribution in [2.75, 3.05) is 0 Å². The molecular weight excluding hydrogens is 534 g/mol. The molecule has 0 fully saturated rings. The van der Waals surface area contributed by atoms with Crippen LogP contribution in [0.2, 0.25) is 0 Å². The highest BCUT2D eigenvalue weighted by Crippen LogP contribution is 2.61. The first kappa shape index (κ1) is 22.8. The van der Waals surface area contributed by atoms with E-state index in [1.54, 1.807) is 6.20 Å². The van der Waals surface area contributed by atoms with E-state index in [1.165, 1.54) is 71.6 Å². The molecule has 202 valence electrons. The van der Waals surface area contributed by atoms with Crippen molar-refractivity contribution in [2.45, 2.75) is 5.41 Å². The lowest BCUT2D eigenvalue weighted by molar-refractivity contribution is 0.749. The molecule has 0 amide bonds. The topological polar surface area (TPSA) is 30.7 Å². The van der Waals surface area contributed by atoms with Gasteiger partial charge in [0.15, 0.2) is 0 Å². The zero-order valence-electron chi connectivity index (χ0n) is 23.6. The van der Waals surface area contributed by atoms with E-state index in [1.807, 2.05) is 6.20 Å². The van der Waals surface area contributed by atoms with Gasteiger partial charge in [-0.3, -0.25) is 9.97 Å². The molecule has 0 saturated heterocycles. The van der Waals surface area contributed by atoms with Gasteiger partial charge in [-0.15, -0.1) is 0 Å². The quantitative estimate of drug-likeness (QED) is 0.174.